The third kappa shape index (κ3) is 2.38. The van der Waals surface area contributed by atoms with Crippen molar-refractivity contribution < 1.29 is 9.50 Å². The number of halogens is 1. The Morgan fingerprint density at radius 3 is 2.94 bits per heavy atom. The number of nitrogens with zero attached hydrogens (tertiary/aromatic N) is 2. The molecule has 84 valence electrons. The number of hydrogen-bond donors (Lipinski definition) is 1. The molecule has 1 aliphatic rings. The largest absolute Gasteiger partial charge is 0.392 e. The number of aliphatic hydroxyl groups is 1. The number of benzene rings is 1. The summed E-state index contributed by atoms with van der Waals surface area (Å²) in [5.41, 5.74) is 0.913. The highest BCUT2D eigenvalue weighted by Crippen LogP contribution is 2.16. The summed E-state index contributed by atoms with van der Waals surface area (Å²) in [5, 5.41) is 18.0. The summed E-state index contributed by atoms with van der Waals surface area (Å²) in [5.74, 6) is -0.347. The second-order valence-corrected chi connectivity index (χ2v) is 4.10. The zero-order chi connectivity index (χ0) is 11.5. The van der Waals surface area contributed by atoms with E-state index in [1.54, 1.807) is 12.1 Å². The molecule has 4 heteroatoms. The molecule has 1 heterocycles. The van der Waals surface area contributed by atoms with Gasteiger partial charge in [-0.15, -0.1) is 0 Å². The van der Waals surface area contributed by atoms with Gasteiger partial charge in [-0.2, -0.15) is 5.26 Å². The van der Waals surface area contributed by atoms with Crippen LogP contribution in [0.5, 0.6) is 0 Å². The van der Waals surface area contributed by atoms with Crippen LogP contribution in [0.1, 0.15) is 17.5 Å². The molecular formula is C12H13FN2O. The number of likely N-dealkylation sites (tertiary alicyclic amines) is 1. The second kappa shape index (κ2) is 4.60. The summed E-state index contributed by atoms with van der Waals surface area (Å²) >= 11 is 0. The van der Waals surface area contributed by atoms with E-state index in [9.17, 15) is 9.50 Å². The minimum atomic E-state index is -0.347. The molecule has 1 saturated heterocycles. The Hall–Kier alpha value is -1.44. The first-order valence-corrected chi connectivity index (χ1v) is 5.28. The van der Waals surface area contributed by atoms with Gasteiger partial charge in [0.25, 0.3) is 0 Å². The molecule has 1 fully saturated rings. The van der Waals surface area contributed by atoms with Crippen LogP contribution in [0.2, 0.25) is 0 Å². The molecule has 1 unspecified atom stereocenters. The summed E-state index contributed by atoms with van der Waals surface area (Å²) in [6.45, 7) is 1.88. The lowest BCUT2D eigenvalue weighted by Crippen LogP contribution is -2.22. The van der Waals surface area contributed by atoms with Gasteiger partial charge in [0.1, 0.15) is 5.82 Å². The van der Waals surface area contributed by atoms with Crippen LogP contribution in [0.3, 0.4) is 0 Å². The molecule has 1 atom stereocenters. The predicted octanol–water partition coefficient (Wildman–Crippen LogP) is 1.26. The Kier molecular flexibility index (Phi) is 3.18. The zero-order valence-corrected chi connectivity index (χ0v) is 8.86. The fourth-order valence-corrected chi connectivity index (χ4v) is 1.94. The molecule has 1 aromatic rings. The van der Waals surface area contributed by atoms with Crippen molar-refractivity contribution in [3.8, 4) is 6.07 Å². The van der Waals surface area contributed by atoms with E-state index in [0.29, 0.717) is 24.2 Å². The number of β-amino-alcohol motifs (C(OH)–C–C–N with tert-alkyl or cyclic N) is 1. The highest BCUT2D eigenvalue weighted by molar-refractivity contribution is 5.32. The Labute approximate surface area is 93.7 Å². The maximum atomic E-state index is 13.5. The average Bonchev–Trinajstić information content (AvgIpc) is 2.67. The van der Waals surface area contributed by atoms with Crippen molar-refractivity contribution in [1.82, 2.24) is 4.90 Å². The number of rotatable bonds is 2. The minimum Gasteiger partial charge on any atom is -0.392 e. The zero-order valence-electron chi connectivity index (χ0n) is 8.86. The van der Waals surface area contributed by atoms with Crippen molar-refractivity contribution in [2.24, 2.45) is 0 Å². The van der Waals surface area contributed by atoms with E-state index in [0.717, 1.165) is 13.0 Å². The van der Waals surface area contributed by atoms with E-state index in [1.807, 2.05) is 11.0 Å². The normalized spacial score (nSPS) is 20.9. The molecule has 0 spiro atoms. The minimum absolute atomic E-state index is 0.290. The fourth-order valence-electron chi connectivity index (χ4n) is 1.94. The molecule has 1 aliphatic heterocycles. The van der Waals surface area contributed by atoms with Gasteiger partial charge in [0, 0.05) is 25.2 Å². The van der Waals surface area contributed by atoms with E-state index in [-0.39, 0.29) is 11.9 Å². The smallest absolute Gasteiger partial charge is 0.129 e. The van der Waals surface area contributed by atoms with Crippen LogP contribution in [0.4, 0.5) is 4.39 Å². The third-order valence-electron chi connectivity index (χ3n) is 2.82. The molecule has 0 aromatic heterocycles. The Balaban J connectivity index is 2.08. The monoisotopic (exact) mass is 220 g/mol. The quantitative estimate of drug-likeness (QED) is 0.816. The molecule has 0 saturated carbocycles. The summed E-state index contributed by atoms with van der Waals surface area (Å²) in [4.78, 5) is 2.01. The van der Waals surface area contributed by atoms with Gasteiger partial charge in [0.05, 0.1) is 17.7 Å². The molecule has 0 radical (unpaired) electrons. The summed E-state index contributed by atoms with van der Waals surface area (Å²) < 4.78 is 13.5. The van der Waals surface area contributed by atoms with Gasteiger partial charge in [-0.3, -0.25) is 4.90 Å². The third-order valence-corrected chi connectivity index (χ3v) is 2.82. The van der Waals surface area contributed by atoms with Gasteiger partial charge in [-0.1, -0.05) is 6.07 Å². The molecule has 2 rings (SSSR count). The van der Waals surface area contributed by atoms with Gasteiger partial charge in [0.15, 0.2) is 0 Å². The van der Waals surface area contributed by atoms with Crippen LogP contribution in [-0.2, 0) is 6.54 Å². The van der Waals surface area contributed by atoms with Crippen molar-refractivity contribution in [3.05, 3.63) is 35.1 Å². The van der Waals surface area contributed by atoms with Crippen molar-refractivity contribution in [2.75, 3.05) is 13.1 Å². The lowest BCUT2D eigenvalue weighted by Gasteiger charge is -2.15. The molecule has 1 N–H and O–H groups in total. The van der Waals surface area contributed by atoms with E-state index >= 15 is 0 Å². The molecule has 1 aromatic carbocycles. The van der Waals surface area contributed by atoms with Crippen LogP contribution >= 0.6 is 0 Å². The molecular weight excluding hydrogens is 207 g/mol. The highest BCUT2D eigenvalue weighted by atomic mass is 19.1. The van der Waals surface area contributed by atoms with Crippen LogP contribution < -0.4 is 0 Å². The lowest BCUT2D eigenvalue weighted by atomic mass is 10.1. The molecule has 16 heavy (non-hydrogen) atoms. The lowest BCUT2D eigenvalue weighted by molar-refractivity contribution is 0.174. The first kappa shape index (κ1) is 11.1. The van der Waals surface area contributed by atoms with E-state index < -0.39 is 0 Å². The summed E-state index contributed by atoms with van der Waals surface area (Å²) in [6.07, 6.45) is 0.458. The maximum absolute atomic E-state index is 13.5. The van der Waals surface area contributed by atoms with Crippen molar-refractivity contribution in [3.63, 3.8) is 0 Å². The SMILES string of the molecule is N#Cc1ccc(CN2CCC(O)C2)c(F)c1. The van der Waals surface area contributed by atoms with Crippen LogP contribution in [-0.4, -0.2) is 29.2 Å². The maximum Gasteiger partial charge on any atom is 0.129 e. The average molecular weight is 220 g/mol. The topological polar surface area (TPSA) is 47.3 Å². The van der Waals surface area contributed by atoms with Gasteiger partial charge in [-0.25, -0.2) is 4.39 Å². The Bertz CT molecular complexity index is 428. The van der Waals surface area contributed by atoms with Crippen LogP contribution in [0, 0.1) is 17.1 Å². The Morgan fingerprint density at radius 2 is 2.38 bits per heavy atom. The van der Waals surface area contributed by atoms with Crippen molar-refractivity contribution in [2.45, 2.75) is 19.1 Å². The van der Waals surface area contributed by atoms with Crippen molar-refractivity contribution >= 4 is 0 Å². The van der Waals surface area contributed by atoms with Crippen LogP contribution in [0.15, 0.2) is 18.2 Å². The van der Waals surface area contributed by atoms with Gasteiger partial charge in [-0.05, 0) is 18.6 Å². The number of aliphatic hydroxyl groups excluding tert-OH is 1. The van der Waals surface area contributed by atoms with E-state index in [4.69, 9.17) is 5.26 Å². The number of hydrogen-bond acceptors (Lipinski definition) is 3. The first-order chi connectivity index (χ1) is 7.69. The molecule has 3 nitrogen and oxygen atoms in total. The first-order valence-electron chi connectivity index (χ1n) is 5.28. The predicted molar refractivity (Wildman–Crippen MR) is 57.0 cm³/mol. The highest BCUT2D eigenvalue weighted by Gasteiger charge is 2.20. The summed E-state index contributed by atoms with van der Waals surface area (Å²) in [6, 6.07) is 6.41. The van der Waals surface area contributed by atoms with E-state index in [1.165, 1.54) is 6.07 Å². The second-order valence-electron chi connectivity index (χ2n) is 4.10. The summed E-state index contributed by atoms with van der Waals surface area (Å²) in [7, 11) is 0. The van der Waals surface area contributed by atoms with Gasteiger partial charge < -0.3 is 5.11 Å². The molecule has 0 aliphatic carbocycles. The Morgan fingerprint density at radius 1 is 1.56 bits per heavy atom. The van der Waals surface area contributed by atoms with Crippen molar-refractivity contribution in [1.29, 1.82) is 5.26 Å². The van der Waals surface area contributed by atoms with E-state index in [2.05, 4.69) is 0 Å². The molecule has 0 bridgehead atoms. The van der Waals surface area contributed by atoms with Gasteiger partial charge >= 0.3 is 0 Å². The van der Waals surface area contributed by atoms with Crippen LogP contribution in [0.25, 0.3) is 0 Å². The standard InChI is InChI=1S/C12H13FN2O/c13-12-5-9(6-14)1-2-10(12)7-15-4-3-11(16)8-15/h1-2,5,11,16H,3-4,7-8H2. The number of nitriles is 1. The molecule has 0 amide bonds. The fraction of sp³-hybridized carbons (Fsp3) is 0.417. The van der Waals surface area contributed by atoms with Gasteiger partial charge in [0.2, 0.25) is 0 Å².